The van der Waals surface area contributed by atoms with Crippen LogP contribution in [0.4, 0.5) is 43.5 Å². The second kappa shape index (κ2) is 12.1. The van der Waals surface area contributed by atoms with Crippen LogP contribution in [0.2, 0.25) is 0 Å². The number of nitrogens with zero attached hydrogens (tertiary/aromatic N) is 4. The molecule has 6 nitrogen and oxygen atoms in total. The van der Waals surface area contributed by atoms with Crippen LogP contribution in [0.5, 0.6) is 5.75 Å². The first kappa shape index (κ1) is 30.9. The molecule has 1 amide bonds. The Kier molecular flexibility index (Phi) is 9.08. The molecule has 1 aliphatic carbocycles. The molecule has 1 aromatic carbocycles. The van der Waals surface area contributed by atoms with Crippen molar-refractivity contribution in [2.45, 2.75) is 63.1 Å². The highest BCUT2D eigenvalue weighted by molar-refractivity contribution is 7.99. The Morgan fingerprint density at radius 3 is 2.44 bits per heavy atom. The van der Waals surface area contributed by atoms with Crippen molar-refractivity contribution in [1.82, 2.24) is 4.98 Å². The molecule has 1 aromatic heterocycles. The summed E-state index contributed by atoms with van der Waals surface area (Å²) < 4.78 is 83.0. The second-order valence-corrected chi connectivity index (χ2v) is 11.4. The number of amides is 1. The average molecular weight is 617 g/mol. The summed E-state index contributed by atoms with van der Waals surface area (Å²) in [6.07, 6.45) is -3.33. The molecule has 1 spiro atoms. The lowest BCUT2D eigenvalue weighted by Gasteiger charge is -2.43. The molecule has 1 aliphatic heterocycles. The fourth-order valence-electron chi connectivity index (χ4n) is 4.73. The minimum absolute atomic E-state index is 0.0194. The first-order valence-corrected chi connectivity index (χ1v) is 14.4. The van der Waals surface area contributed by atoms with Crippen molar-refractivity contribution >= 4 is 52.2 Å². The number of thiocarbonyl (C=S) groups is 1. The van der Waals surface area contributed by atoms with Crippen molar-refractivity contribution in [1.29, 1.82) is 0 Å². The zero-order valence-electron chi connectivity index (χ0n) is 21.9. The lowest BCUT2D eigenvalue weighted by atomic mass is 9.75. The fraction of sp³-hybridized carbons (Fsp3) is 0.481. The number of aromatic nitrogens is 1. The number of anilines is 2. The number of carbonyl (C=O) groups is 1. The number of hydrogen-bond donors (Lipinski definition) is 0. The largest absolute Gasteiger partial charge is 0.490 e. The Morgan fingerprint density at radius 1 is 1.15 bits per heavy atom. The topological polar surface area (TPSA) is 50.0 Å². The first-order valence-electron chi connectivity index (χ1n) is 12.8. The molecule has 220 valence electrons. The number of thioether (sulfide) groups is 1. The Morgan fingerprint density at radius 2 is 1.85 bits per heavy atom. The van der Waals surface area contributed by atoms with Gasteiger partial charge in [0.1, 0.15) is 11.7 Å². The molecule has 0 radical (unpaired) electrons. The number of aryl methyl sites for hydroxylation is 1. The van der Waals surface area contributed by atoms with Gasteiger partial charge in [0.2, 0.25) is 0 Å². The predicted octanol–water partition coefficient (Wildman–Crippen LogP) is 7.62. The molecule has 2 heterocycles. The van der Waals surface area contributed by atoms with Gasteiger partial charge in [-0.25, -0.2) is 4.39 Å². The molecule has 0 unspecified atom stereocenters. The van der Waals surface area contributed by atoms with E-state index in [4.69, 9.17) is 23.5 Å². The molecule has 14 heteroatoms. The van der Waals surface area contributed by atoms with Crippen molar-refractivity contribution in [3.63, 3.8) is 0 Å². The monoisotopic (exact) mass is 616 g/mol. The van der Waals surface area contributed by atoms with Crippen molar-refractivity contribution in [2.75, 3.05) is 27.9 Å². The lowest BCUT2D eigenvalue weighted by Crippen LogP contribution is -2.55. The third-order valence-corrected chi connectivity index (χ3v) is 8.57. The number of carbonyl (C=O) groups excluding carboxylic acids is 1. The molecule has 2 aliphatic rings. The van der Waals surface area contributed by atoms with Gasteiger partial charge in [-0.2, -0.15) is 33.7 Å². The van der Waals surface area contributed by atoms with E-state index in [0.29, 0.717) is 42.0 Å². The van der Waals surface area contributed by atoms with Crippen LogP contribution in [0.3, 0.4) is 0 Å². The van der Waals surface area contributed by atoms with Gasteiger partial charge in [-0.05, 0) is 86.5 Å². The number of alkyl halides is 5. The first-order chi connectivity index (χ1) is 19.3. The van der Waals surface area contributed by atoms with E-state index in [9.17, 15) is 26.7 Å². The van der Waals surface area contributed by atoms with E-state index in [-0.39, 0.29) is 41.4 Å². The molecule has 4 rings (SSSR count). The van der Waals surface area contributed by atoms with Gasteiger partial charge >= 0.3 is 12.1 Å². The summed E-state index contributed by atoms with van der Waals surface area (Å²) in [7, 11) is 0. The second-order valence-electron chi connectivity index (χ2n) is 9.82. The minimum atomic E-state index is -5.54. The van der Waals surface area contributed by atoms with Gasteiger partial charge in [0.25, 0.3) is 11.7 Å². The smallest absolute Gasteiger partial charge is 0.453 e. The highest BCUT2D eigenvalue weighted by atomic mass is 32.2. The van der Waals surface area contributed by atoms with E-state index in [1.54, 1.807) is 24.0 Å². The Labute approximate surface area is 242 Å². The molecule has 2 aromatic rings. The molecular weight excluding hydrogens is 590 g/mol. The molecule has 0 bridgehead atoms. The molecule has 2 fully saturated rings. The quantitative estimate of drug-likeness (QED) is 0.112. The Hall–Kier alpha value is -3.05. The van der Waals surface area contributed by atoms with Crippen LogP contribution in [0, 0.1) is 19.3 Å². The van der Waals surface area contributed by atoms with Gasteiger partial charge in [0, 0.05) is 18.2 Å². The molecule has 0 atom stereocenters. The average Bonchev–Trinajstić information content (AvgIpc) is 3.12. The predicted molar refractivity (Wildman–Crippen MR) is 148 cm³/mol. The van der Waals surface area contributed by atoms with Gasteiger partial charge in [0.05, 0.1) is 12.3 Å². The van der Waals surface area contributed by atoms with Crippen molar-refractivity contribution in [3.05, 3.63) is 53.3 Å². The van der Waals surface area contributed by atoms with Crippen molar-refractivity contribution < 1.29 is 35.9 Å². The summed E-state index contributed by atoms with van der Waals surface area (Å²) in [4.78, 5) is 24.1. The van der Waals surface area contributed by atoms with Crippen molar-refractivity contribution in [2.24, 2.45) is 0 Å². The highest BCUT2D eigenvalue weighted by Gasteiger charge is 2.60. The summed E-state index contributed by atoms with van der Waals surface area (Å²) in [5.74, 6) is -4.79. The Balaban J connectivity index is 1.35. The van der Waals surface area contributed by atoms with Crippen LogP contribution in [-0.4, -0.2) is 51.8 Å². The van der Waals surface area contributed by atoms with Gasteiger partial charge in [-0.15, -0.1) is 4.98 Å². The SMILES string of the molecule is [C-]#[N+]c1ncc(N2C(=O)C3(CCC3)N(c3ccc(OCCCSCCCC(F)(F)C(F)(F)F)c(F)c3)C2=S)cc1C. The molecular formula is C27H26F6N4O2S2. The van der Waals surface area contributed by atoms with Crippen LogP contribution in [0.15, 0.2) is 30.5 Å². The molecule has 41 heavy (non-hydrogen) atoms. The zero-order chi connectivity index (χ0) is 30.0. The molecule has 1 saturated heterocycles. The van der Waals surface area contributed by atoms with Gasteiger partial charge in [-0.3, -0.25) is 9.69 Å². The van der Waals surface area contributed by atoms with E-state index in [0.717, 1.165) is 6.42 Å². The van der Waals surface area contributed by atoms with Gasteiger partial charge in [-0.1, -0.05) is 6.57 Å². The number of pyridine rings is 1. The third-order valence-electron chi connectivity index (χ3n) is 7.05. The number of halogens is 6. The standard InChI is InChI=1S/C27H26F6N4O2S2/c1-17-14-19(16-35-22(17)34-2)36-23(38)25(8-3-9-25)37(24(36)40)18-6-7-21(20(28)15-18)39-11-5-13-41-12-4-10-26(29,30)27(31,32)33/h6-7,14-16H,3-5,8-13H2,1H3. The summed E-state index contributed by atoms with van der Waals surface area (Å²) in [6.45, 7) is 9.04. The maximum atomic E-state index is 15.0. The zero-order valence-corrected chi connectivity index (χ0v) is 23.6. The van der Waals surface area contributed by atoms with Crippen LogP contribution < -0.4 is 14.5 Å². The van der Waals surface area contributed by atoms with E-state index >= 15 is 4.39 Å². The summed E-state index contributed by atoms with van der Waals surface area (Å²) >= 11 is 6.91. The van der Waals surface area contributed by atoms with Crippen LogP contribution >= 0.6 is 24.0 Å². The third kappa shape index (κ3) is 6.11. The number of hydrogen-bond acceptors (Lipinski definition) is 5. The summed E-state index contributed by atoms with van der Waals surface area (Å²) in [5.41, 5.74) is 0.498. The van der Waals surface area contributed by atoms with Crippen molar-refractivity contribution in [3.8, 4) is 5.75 Å². The fourth-order valence-corrected chi connectivity index (χ4v) is 6.07. The van der Waals surface area contributed by atoms with Gasteiger partial charge < -0.3 is 14.5 Å². The van der Waals surface area contributed by atoms with Crippen LogP contribution in [-0.2, 0) is 4.79 Å². The van der Waals surface area contributed by atoms with E-state index < -0.39 is 29.9 Å². The summed E-state index contributed by atoms with van der Waals surface area (Å²) in [6, 6.07) is 5.98. The number of ether oxygens (including phenoxy) is 1. The lowest BCUT2D eigenvalue weighted by molar-refractivity contribution is -0.284. The summed E-state index contributed by atoms with van der Waals surface area (Å²) in [5, 5.41) is 0.185. The van der Waals surface area contributed by atoms with E-state index in [2.05, 4.69) is 9.83 Å². The maximum absolute atomic E-state index is 15.0. The minimum Gasteiger partial charge on any atom is -0.490 e. The van der Waals surface area contributed by atoms with E-state index in [1.807, 2.05) is 0 Å². The number of benzene rings is 1. The van der Waals surface area contributed by atoms with Gasteiger partial charge in [0.15, 0.2) is 16.7 Å². The van der Waals surface area contributed by atoms with E-state index in [1.165, 1.54) is 35.0 Å². The molecule has 0 N–H and O–H groups in total. The highest BCUT2D eigenvalue weighted by Crippen LogP contribution is 2.48. The molecule has 1 saturated carbocycles. The number of rotatable bonds is 11. The van der Waals surface area contributed by atoms with Crippen LogP contribution in [0.1, 0.15) is 44.1 Å². The van der Waals surface area contributed by atoms with Crippen LogP contribution in [0.25, 0.3) is 4.85 Å². The Bertz CT molecular complexity index is 1360. The maximum Gasteiger partial charge on any atom is 0.453 e. The normalized spacial score (nSPS) is 16.7.